The van der Waals surface area contributed by atoms with Crippen molar-refractivity contribution < 1.29 is 31.1 Å². The molecule has 2 rings (SSSR count). The van der Waals surface area contributed by atoms with E-state index in [-0.39, 0.29) is 24.2 Å². The van der Waals surface area contributed by atoms with Gasteiger partial charge in [-0.05, 0) is 48.4 Å². The van der Waals surface area contributed by atoms with E-state index < -0.39 is 33.7 Å². The quantitative estimate of drug-likeness (QED) is 0.676. The van der Waals surface area contributed by atoms with E-state index in [1.807, 2.05) is 0 Å². The minimum atomic E-state index is -4.49. The molecule has 1 amide bonds. The van der Waals surface area contributed by atoms with Crippen LogP contribution in [0.2, 0.25) is 0 Å². The molecule has 1 N–H and O–H groups in total. The maximum Gasteiger partial charge on any atom is 0.416 e. The molecule has 0 aliphatic carbocycles. The first-order chi connectivity index (χ1) is 14.0. The Labute approximate surface area is 173 Å². The molecule has 6 nitrogen and oxygen atoms in total. The highest BCUT2D eigenvalue weighted by Gasteiger charge is 2.32. The van der Waals surface area contributed by atoms with E-state index in [0.29, 0.717) is 5.75 Å². The largest absolute Gasteiger partial charge is 0.497 e. The zero-order valence-electron chi connectivity index (χ0n) is 16.7. The summed E-state index contributed by atoms with van der Waals surface area (Å²) in [5, 5.41) is 2.54. The average molecular weight is 444 g/mol. The number of sulfonamides is 1. The minimum Gasteiger partial charge on any atom is -0.497 e. The number of amides is 1. The number of ether oxygens (including phenoxy) is 1. The Morgan fingerprint density at radius 2 is 1.80 bits per heavy atom. The van der Waals surface area contributed by atoms with Crippen LogP contribution in [-0.4, -0.2) is 33.7 Å². The predicted octanol–water partition coefficient (Wildman–Crippen LogP) is 3.58. The summed E-state index contributed by atoms with van der Waals surface area (Å²) in [6.07, 6.45) is -3.35. The molecular formula is C20H23F3N2O4S. The van der Waals surface area contributed by atoms with Gasteiger partial charge in [-0.1, -0.05) is 19.1 Å². The normalized spacial score (nSPS) is 12.9. The second kappa shape index (κ2) is 9.38. The first kappa shape index (κ1) is 23.5. The lowest BCUT2D eigenvalue weighted by atomic mass is 10.1. The monoisotopic (exact) mass is 444 g/mol. The summed E-state index contributed by atoms with van der Waals surface area (Å²) in [5.74, 6) is -0.0922. The van der Waals surface area contributed by atoms with Crippen molar-refractivity contribution in [1.82, 2.24) is 5.32 Å². The lowest BCUT2D eigenvalue weighted by molar-refractivity contribution is -0.137. The summed E-state index contributed by atoms with van der Waals surface area (Å²) in [5.41, 5.74) is -0.292. The standard InChI is InChI=1S/C20H23F3N2O4S/c1-4-18(25(30(3,27)28)16-8-10-17(29-2)11-9-16)19(26)24-13-14-6-5-7-15(12-14)20(21,22)23/h5-12,18H,4,13H2,1-3H3,(H,24,26)/t18-/m0/s1. The molecule has 0 saturated carbocycles. The van der Waals surface area contributed by atoms with Crippen LogP contribution in [0.4, 0.5) is 18.9 Å². The van der Waals surface area contributed by atoms with E-state index in [9.17, 15) is 26.4 Å². The third-order valence-corrected chi connectivity index (χ3v) is 5.56. The second-order valence-corrected chi connectivity index (χ2v) is 8.46. The number of rotatable bonds is 8. The molecule has 0 bridgehead atoms. The highest BCUT2D eigenvalue weighted by Crippen LogP contribution is 2.29. The van der Waals surface area contributed by atoms with Gasteiger partial charge in [0.05, 0.1) is 24.6 Å². The summed E-state index contributed by atoms with van der Waals surface area (Å²) in [4.78, 5) is 12.7. The van der Waals surface area contributed by atoms with E-state index in [1.165, 1.54) is 31.4 Å². The third kappa shape index (κ3) is 5.88. The number of hydrogen-bond acceptors (Lipinski definition) is 4. The molecule has 0 spiro atoms. The van der Waals surface area contributed by atoms with Gasteiger partial charge in [0.2, 0.25) is 15.9 Å². The Hall–Kier alpha value is -2.75. The Bertz CT molecular complexity index is 976. The van der Waals surface area contributed by atoms with Gasteiger partial charge in [0.25, 0.3) is 0 Å². The predicted molar refractivity (Wildman–Crippen MR) is 108 cm³/mol. The number of nitrogens with zero attached hydrogens (tertiary/aromatic N) is 1. The van der Waals surface area contributed by atoms with Crippen LogP contribution in [-0.2, 0) is 27.5 Å². The van der Waals surface area contributed by atoms with Crippen molar-refractivity contribution in [3.05, 3.63) is 59.7 Å². The van der Waals surface area contributed by atoms with Crippen LogP contribution < -0.4 is 14.4 Å². The van der Waals surface area contributed by atoms with Gasteiger partial charge < -0.3 is 10.1 Å². The molecule has 0 aromatic heterocycles. The molecular weight excluding hydrogens is 421 g/mol. The summed E-state index contributed by atoms with van der Waals surface area (Å²) in [6, 6.07) is 9.69. The van der Waals surface area contributed by atoms with E-state index in [0.717, 1.165) is 22.7 Å². The van der Waals surface area contributed by atoms with Gasteiger partial charge in [-0.2, -0.15) is 13.2 Å². The molecule has 2 aromatic carbocycles. The number of alkyl halides is 3. The van der Waals surface area contributed by atoms with E-state index >= 15 is 0 Å². The maximum atomic E-state index is 12.9. The SMILES string of the molecule is CC[C@@H](C(=O)NCc1cccc(C(F)(F)F)c1)N(c1ccc(OC)cc1)S(C)(=O)=O. The van der Waals surface area contributed by atoms with Crippen LogP contribution in [0.15, 0.2) is 48.5 Å². The molecule has 0 unspecified atom stereocenters. The summed E-state index contributed by atoms with van der Waals surface area (Å²) >= 11 is 0. The molecule has 0 fully saturated rings. The Kier molecular flexibility index (Phi) is 7.35. The summed E-state index contributed by atoms with van der Waals surface area (Å²) in [6.45, 7) is 1.48. The molecule has 10 heteroatoms. The van der Waals surface area contributed by atoms with Crippen molar-refractivity contribution in [1.29, 1.82) is 0 Å². The van der Waals surface area contributed by atoms with Crippen molar-refractivity contribution in [2.75, 3.05) is 17.7 Å². The van der Waals surface area contributed by atoms with Crippen LogP contribution in [0.1, 0.15) is 24.5 Å². The molecule has 0 radical (unpaired) electrons. The number of benzene rings is 2. The van der Waals surface area contributed by atoms with Crippen LogP contribution in [0.3, 0.4) is 0 Å². The second-order valence-electron chi connectivity index (χ2n) is 6.60. The van der Waals surface area contributed by atoms with E-state index in [4.69, 9.17) is 4.74 Å². The fourth-order valence-corrected chi connectivity index (χ4v) is 4.17. The van der Waals surface area contributed by atoms with Crippen LogP contribution in [0.25, 0.3) is 0 Å². The van der Waals surface area contributed by atoms with Crippen LogP contribution >= 0.6 is 0 Å². The highest BCUT2D eigenvalue weighted by atomic mass is 32.2. The van der Waals surface area contributed by atoms with Gasteiger partial charge in [0.15, 0.2) is 0 Å². The van der Waals surface area contributed by atoms with Gasteiger partial charge >= 0.3 is 6.18 Å². The maximum absolute atomic E-state index is 12.9. The number of carbonyl (C=O) groups excluding carboxylic acids is 1. The number of anilines is 1. The van der Waals surface area contributed by atoms with Gasteiger partial charge in [0, 0.05) is 6.54 Å². The fourth-order valence-electron chi connectivity index (χ4n) is 2.95. The van der Waals surface area contributed by atoms with Crippen molar-refractivity contribution in [2.45, 2.75) is 32.1 Å². The fraction of sp³-hybridized carbons (Fsp3) is 0.350. The molecule has 2 aromatic rings. The topological polar surface area (TPSA) is 75.7 Å². The van der Waals surface area contributed by atoms with E-state index in [1.54, 1.807) is 19.1 Å². The van der Waals surface area contributed by atoms with Crippen LogP contribution in [0.5, 0.6) is 5.75 Å². The first-order valence-electron chi connectivity index (χ1n) is 9.04. The van der Waals surface area contributed by atoms with Gasteiger partial charge in [-0.15, -0.1) is 0 Å². The van der Waals surface area contributed by atoms with Crippen molar-refractivity contribution in [2.24, 2.45) is 0 Å². The molecule has 164 valence electrons. The van der Waals surface area contributed by atoms with Crippen molar-refractivity contribution in [3.8, 4) is 5.75 Å². The lowest BCUT2D eigenvalue weighted by Crippen LogP contribution is -2.49. The van der Waals surface area contributed by atoms with Gasteiger partial charge in [-0.25, -0.2) is 8.42 Å². The zero-order chi connectivity index (χ0) is 22.5. The first-order valence-corrected chi connectivity index (χ1v) is 10.9. The third-order valence-electron chi connectivity index (χ3n) is 4.38. The molecule has 0 aliphatic rings. The number of carbonyl (C=O) groups is 1. The smallest absolute Gasteiger partial charge is 0.416 e. The Balaban J connectivity index is 2.23. The summed E-state index contributed by atoms with van der Waals surface area (Å²) in [7, 11) is -2.35. The zero-order valence-corrected chi connectivity index (χ0v) is 17.5. The number of hydrogen-bond donors (Lipinski definition) is 1. The summed E-state index contributed by atoms with van der Waals surface area (Å²) < 4.78 is 69.5. The van der Waals surface area contributed by atoms with E-state index in [2.05, 4.69) is 5.32 Å². The molecule has 30 heavy (non-hydrogen) atoms. The minimum absolute atomic E-state index is 0.160. The number of nitrogens with one attached hydrogen (secondary N) is 1. The molecule has 0 saturated heterocycles. The highest BCUT2D eigenvalue weighted by molar-refractivity contribution is 7.92. The molecule has 1 atom stereocenters. The van der Waals surface area contributed by atoms with Gasteiger partial charge in [-0.3, -0.25) is 9.10 Å². The van der Waals surface area contributed by atoms with Gasteiger partial charge in [0.1, 0.15) is 11.8 Å². The Morgan fingerprint density at radius 3 is 2.30 bits per heavy atom. The number of halogens is 3. The molecule has 0 heterocycles. The number of methoxy groups -OCH3 is 1. The molecule has 0 aliphatic heterocycles. The average Bonchev–Trinajstić information content (AvgIpc) is 2.69. The van der Waals surface area contributed by atoms with Crippen molar-refractivity contribution in [3.63, 3.8) is 0 Å². The lowest BCUT2D eigenvalue weighted by Gasteiger charge is -2.30. The van der Waals surface area contributed by atoms with Crippen LogP contribution in [0, 0.1) is 0 Å². The Morgan fingerprint density at radius 1 is 1.17 bits per heavy atom. The van der Waals surface area contributed by atoms with Crippen molar-refractivity contribution >= 4 is 21.6 Å².